The number of hydrogen-bond acceptors (Lipinski definition) is 4. The van der Waals surface area contributed by atoms with Gasteiger partial charge in [0.15, 0.2) is 0 Å². The van der Waals surface area contributed by atoms with Gasteiger partial charge in [0.1, 0.15) is 5.71 Å². The Bertz CT molecular complexity index is 432. The molecule has 0 bridgehead atoms. The molecule has 17 heavy (non-hydrogen) atoms. The van der Waals surface area contributed by atoms with Crippen LogP contribution in [-0.2, 0) is 9.53 Å². The van der Waals surface area contributed by atoms with E-state index < -0.39 is 5.97 Å². The molecule has 0 amide bonds. The summed E-state index contributed by atoms with van der Waals surface area (Å²) in [5, 5.41) is 6.25. The summed E-state index contributed by atoms with van der Waals surface area (Å²) in [6, 6.07) is 7.28. The molecule has 1 aromatic rings. The van der Waals surface area contributed by atoms with Crippen LogP contribution in [0.25, 0.3) is 0 Å². The quantitative estimate of drug-likeness (QED) is 0.471. The zero-order chi connectivity index (χ0) is 12.8. The number of anilines is 1. The highest BCUT2D eigenvalue weighted by Crippen LogP contribution is 2.24. The molecule has 0 saturated carbocycles. The van der Waals surface area contributed by atoms with Crippen LogP contribution in [0.1, 0.15) is 13.8 Å². The summed E-state index contributed by atoms with van der Waals surface area (Å²) in [6.07, 6.45) is 0. The highest BCUT2D eigenvalue weighted by molar-refractivity contribution is 6.36. The predicted octanol–water partition coefficient (Wildman–Crippen LogP) is 2.72. The zero-order valence-corrected chi connectivity index (χ0v) is 10.9. The Morgan fingerprint density at radius 2 is 2.12 bits per heavy atom. The van der Waals surface area contributed by atoms with Crippen LogP contribution in [0.2, 0.25) is 5.02 Å². The molecule has 5 heteroatoms. The maximum absolute atomic E-state index is 11.4. The van der Waals surface area contributed by atoms with E-state index in [1.165, 1.54) is 0 Å². The number of hydrazone groups is 1. The number of carbonyl (C=O) groups is 1. The molecular formula is C12H15ClN2O2. The Morgan fingerprint density at radius 3 is 2.71 bits per heavy atom. The molecule has 0 radical (unpaired) electrons. The first-order valence-electron chi connectivity index (χ1n) is 5.26. The second-order valence-electron chi connectivity index (χ2n) is 3.38. The second-order valence-corrected chi connectivity index (χ2v) is 3.79. The van der Waals surface area contributed by atoms with Crippen molar-refractivity contribution in [2.24, 2.45) is 5.10 Å². The lowest BCUT2D eigenvalue weighted by atomic mass is 10.3. The van der Waals surface area contributed by atoms with Crippen LogP contribution in [0.5, 0.6) is 0 Å². The topological polar surface area (TPSA) is 41.9 Å². The summed E-state index contributed by atoms with van der Waals surface area (Å²) in [4.78, 5) is 11.4. The van der Waals surface area contributed by atoms with Gasteiger partial charge in [-0.1, -0.05) is 23.7 Å². The fraction of sp³-hybridized carbons (Fsp3) is 0.333. The largest absolute Gasteiger partial charge is 0.461 e. The van der Waals surface area contributed by atoms with E-state index in [0.29, 0.717) is 11.6 Å². The highest BCUT2D eigenvalue weighted by atomic mass is 35.5. The van der Waals surface area contributed by atoms with Crippen LogP contribution in [0.4, 0.5) is 5.69 Å². The van der Waals surface area contributed by atoms with Gasteiger partial charge in [0.2, 0.25) is 0 Å². The van der Waals surface area contributed by atoms with E-state index in [-0.39, 0.29) is 5.71 Å². The maximum atomic E-state index is 11.4. The van der Waals surface area contributed by atoms with Gasteiger partial charge in [-0.2, -0.15) is 5.10 Å². The van der Waals surface area contributed by atoms with Crippen molar-refractivity contribution in [3.05, 3.63) is 29.3 Å². The van der Waals surface area contributed by atoms with Gasteiger partial charge in [-0.15, -0.1) is 0 Å². The average molecular weight is 255 g/mol. The van der Waals surface area contributed by atoms with Crippen molar-refractivity contribution in [1.29, 1.82) is 0 Å². The van der Waals surface area contributed by atoms with Crippen molar-refractivity contribution in [1.82, 2.24) is 0 Å². The molecule has 0 aliphatic heterocycles. The van der Waals surface area contributed by atoms with E-state index in [2.05, 4.69) is 5.10 Å². The molecule has 0 unspecified atom stereocenters. The number of para-hydroxylation sites is 1. The average Bonchev–Trinajstić information content (AvgIpc) is 2.29. The Morgan fingerprint density at radius 1 is 1.47 bits per heavy atom. The fourth-order valence-corrected chi connectivity index (χ4v) is 1.53. The van der Waals surface area contributed by atoms with Gasteiger partial charge >= 0.3 is 5.97 Å². The van der Waals surface area contributed by atoms with Gasteiger partial charge in [0, 0.05) is 7.05 Å². The van der Waals surface area contributed by atoms with Crippen LogP contribution < -0.4 is 5.01 Å². The zero-order valence-electron chi connectivity index (χ0n) is 10.1. The number of rotatable bonds is 4. The molecule has 0 aliphatic carbocycles. The first-order chi connectivity index (χ1) is 8.06. The van der Waals surface area contributed by atoms with E-state index in [1.807, 2.05) is 18.2 Å². The number of nitrogens with zero attached hydrogens (tertiary/aromatic N) is 2. The molecule has 0 aromatic heterocycles. The van der Waals surface area contributed by atoms with Gasteiger partial charge in [0.25, 0.3) is 0 Å². The second kappa shape index (κ2) is 6.25. The number of ether oxygens (including phenoxy) is 1. The van der Waals surface area contributed by atoms with Gasteiger partial charge in [0.05, 0.1) is 17.3 Å². The van der Waals surface area contributed by atoms with Crippen molar-refractivity contribution in [2.75, 3.05) is 18.7 Å². The molecule has 0 heterocycles. The highest BCUT2D eigenvalue weighted by Gasteiger charge is 2.09. The lowest BCUT2D eigenvalue weighted by molar-refractivity contribution is -0.135. The fourth-order valence-electron chi connectivity index (χ4n) is 1.27. The van der Waals surface area contributed by atoms with E-state index >= 15 is 0 Å². The Labute approximate surface area is 106 Å². The Balaban J connectivity index is 2.85. The van der Waals surface area contributed by atoms with Gasteiger partial charge < -0.3 is 4.74 Å². The molecule has 92 valence electrons. The summed E-state index contributed by atoms with van der Waals surface area (Å²) in [5.41, 5.74) is 1.02. The number of carbonyl (C=O) groups excluding carboxylic acids is 1. The molecule has 0 spiro atoms. The number of halogens is 1. The Kier molecular flexibility index (Phi) is 4.97. The third kappa shape index (κ3) is 3.75. The van der Waals surface area contributed by atoms with E-state index in [1.54, 1.807) is 32.0 Å². The molecular weight excluding hydrogens is 240 g/mol. The van der Waals surface area contributed by atoms with Crippen LogP contribution in [0.3, 0.4) is 0 Å². The van der Waals surface area contributed by atoms with E-state index in [0.717, 1.165) is 5.69 Å². The Hall–Kier alpha value is -1.55. The summed E-state index contributed by atoms with van der Waals surface area (Å²) in [5.74, 6) is -0.425. The summed E-state index contributed by atoms with van der Waals surface area (Å²) >= 11 is 6.02. The van der Waals surface area contributed by atoms with Crippen molar-refractivity contribution < 1.29 is 9.53 Å². The first-order valence-corrected chi connectivity index (χ1v) is 5.64. The van der Waals surface area contributed by atoms with E-state index in [9.17, 15) is 4.79 Å². The van der Waals surface area contributed by atoms with Gasteiger partial charge in [-0.25, -0.2) is 4.79 Å². The first kappa shape index (κ1) is 13.5. The summed E-state index contributed by atoms with van der Waals surface area (Å²) < 4.78 is 4.84. The maximum Gasteiger partial charge on any atom is 0.354 e. The third-order valence-electron chi connectivity index (χ3n) is 2.07. The lowest BCUT2D eigenvalue weighted by Gasteiger charge is -2.15. The number of hydrogen-bond donors (Lipinski definition) is 0. The predicted molar refractivity (Wildman–Crippen MR) is 69.6 cm³/mol. The number of benzene rings is 1. The molecule has 4 nitrogen and oxygen atoms in total. The summed E-state index contributed by atoms with van der Waals surface area (Å²) in [7, 11) is 1.73. The van der Waals surface area contributed by atoms with Crippen molar-refractivity contribution in [3.8, 4) is 0 Å². The van der Waals surface area contributed by atoms with Crippen LogP contribution in [0, 0.1) is 0 Å². The normalized spacial score (nSPS) is 11.2. The van der Waals surface area contributed by atoms with Crippen LogP contribution in [-0.4, -0.2) is 25.3 Å². The SMILES string of the molecule is CCOC(=O)C(C)=NN(C)c1ccccc1Cl. The van der Waals surface area contributed by atoms with Crippen LogP contribution >= 0.6 is 11.6 Å². The van der Waals surface area contributed by atoms with E-state index in [4.69, 9.17) is 16.3 Å². The molecule has 0 atom stereocenters. The van der Waals surface area contributed by atoms with Gasteiger partial charge in [-0.3, -0.25) is 5.01 Å². The molecule has 0 aliphatic rings. The number of esters is 1. The minimum atomic E-state index is -0.425. The lowest BCUT2D eigenvalue weighted by Crippen LogP contribution is -2.20. The molecule has 0 saturated heterocycles. The minimum Gasteiger partial charge on any atom is -0.461 e. The molecule has 1 rings (SSSR count). The molecule has 0 fully saturated rings. The van der Waals surface area contributed by atoms with Crippen molar-refractivity contribution in [3.63, 3.8) is 0 Å². The summed E-state index contributed by atoms with van der Waals surface area (Å²) in [6.45, 7) is 3.69. The minimum absolute atomic E-state index is 0.286. The van der Waals surface area contributed by atoms with Crippen molar-refractivity contribution >= 4 is 29.0 Å². The smallest absolute Gasteiger partial charge is 0.354 e. The van der Waals surface area contributed by atoms with Crippen LogP contribution in [0.15, 0.2) is 29.4 Å². The van der Waals surface area contributed by atoms with Crippen molar-refractivity contribution in [2.45, 2.75) is 13.8 Å². The third-order valence-corrected chi connectivity index (χ3v) is 2.39. The van der Waals surface area contributed by atoms with Gasteiger partial charge in [-0.05, 0) is 26.0 Å². The molecule has 0 N–H and O–H groups in total. The standard InChI is InChI=1S/C12H15ClN2O2/c1-4-17-12(16)9(2)14-15(3)11-8-6-5-7-10(11)13/h5-8H,4H2,1-3H3. The molecule has 1 aromatic carbocycles. The monoisotopic (exact) mass is 254 g/mol.